The van der Waals surface area contributed by atoms with Gasteiger partial charge in [-0.3, -0.25) is 25.2 Å². The summed E-state index contributed by atoms with van der Waals surface area (Å²) in [5, 5.41) is 5.52. The van der Waals surface area contributed by atoms with Crippen LogP contribution in [0, 0.1) is 6.92 Å². The number of rotatable bonds is 8. The summed E-state index contributed by atoms with van der Waals surface area (Å²) < 4.78 is 5.45. The van der Waals surface area contributed by atoms with Crippen LogP contribution in [0.2, 0.25) is 0 Å². The summed E-state index contributed by atoms with van der Waals surface area (Å²) in [6.07, 6.45) is 2.05. The molecule has 0 aliphatic rings. The molecular formula is C25H24N4O4S. The van der Waals surface area contributed by atoms with Gasteiger partial charge in [-0.05, 0) is 47.7 Å². The maximum atomic E-state index is 12.9. The van der Waals surface area contributed by atoms with Crippen molar-refractivity contribution in [3.8, 4) is 5.75 Å². The summed E-state index contributed by atoms with van der Waals surface area (Å²) in [4.78, 5) is 41.4. The maximum absolute atomic E-state index is 12.9. The standard InChI is InChI=1S/C25H24N4O4S/c1-16-6-4-7-18(12-16)33-15-23(30)28-29-24(31)21(27-25(32)22-10-5-11-34-22)13-17-14-26-20-9-3-2-8-19(17)20/h2-12,14,21,26H,13,15H2,1H3,(H,27,32)(H,28,30)(H,29,31)/t21-/m0/s1. The molecule has 0 saturated carbocycles. The Kier molecular flexibility index (Phi) is 7.24. The van der Waals surface area contributed by atoms with Crippen molar-refractivity contribution in [2.45, 2.75) is 19.4 Å². The van der Waals surface area contributed by atoms with Gasteiger partial charge in [-0.1, -0.05) is 36.4 Å². The topological polar surface area (TPSA) is 112 Å². The minimum atomic E-state index is -0.910. The van der Waals surface area contributed by atoms with Gasteiger partial charge in [-0.25, -0.2) is 0 Å². The molecular weight excluding hydrogens is 452 g/mol. The number of hydrogen-bond acceptors (Lipinski definition) is 5. The van der Waals surface area contributed by atoms with E-state index in [-0.39, 0.29) is 18.9 Å². The fourth-order valence-electron chi connectivity index (χ4n) is 3.48. The molecule has 2 aromatic heterocycles. The third kappa shape index (κ3) is 5.81. The molecule has 174 valence electrons. The number of hydrazine groups is 1. The Labute approximate surface area is 200 Å². The number of hydrogen-bond donors (Lipinski definition) is 4. The summed E-state index contributed by atoms with van der Waals surface area (Å²) in [5.41, 5.74) is 7.57. The first-order chi connectivity index (χ1) is 16.5. The zero-order valence-electron chi connectivity index (χ0n) is 18.5. The van der Waals surface area contributed by atoms with Crippen LogP contribution in [-0.2, 0) is 16.0 Å². The van der Waals surface area contributed by atoms with Gasteiger partial charge in [0.05, 0.1) is 4.88 Å². The number of aromatic amines is 1. The smallest absolute Gasteiger partial charge is 0.276 e. The third-order valence-corrected chi connectivity index (χ3v) is 6.02. The Hall–Kier alpha value is -4.11. The van der Waals surface area contributed by atoms with E-state index in [0.29, 0.717) is 10.6 Å². The Morgan fingerprint density at radius 3 is 2.68 bits per heavy atom. The van der Waals surface area contributed by atoms with E-state index >= 15 is 0 Å². The summed E-state index contributed by atoms with van der Waals surface area (Å²) >= 11 is 1.28. The van der Waals surface area contributed by atoms with Gasteiger partial charge in [0.2, 0.25) is 0 Å². The number of benzene rings is 2. The molecule has 34 heavy (non-hydrogen) atoms. The van der Waals surface area contributed by atoms with Gasteiger partial charge in [0.15, 0.2) is 6.61 Å². The second-order valence-electron chi connectivity index (χ2n) is 7.71. The Bertz CT molecular complexity index is 1300. The molecule has 4 aromatic rings. The second kappa shape index (κ2) is 10.7. The fourth-order valence-corrected chi connectivity index (χ4v) is 4.10. The van der Waals surface area contributed by atoms with Gasteiger partial charge in [-0.15, -0.1) is 11.3 Å². The van der Waals surface area contributed by atoms with Gasteiger partial charge >= 0.3 is 0 Å². The van der Waals surface area contributed by atoms with Crippen LogP contribution in [0.1, 0.15) is 20.8 Å². The minimum Gasteiger partial charge on any atom is -0.484 e. The lowest BCUT2D eigenvalue weighted by Crippen LogP contribution is -2.53. The third-order valence-electron chi connectivity index (χ3n) is 5.15. The molecule has 3 amide bonds. The van der Waals surface area contributed by atoms with E-state index in [4.69, 9.17) is 4.74 Å². The van der Waals surface area contributed by atoms with Crippen LogP contribution in [0.15, 0.2) is 72.2 Å². The van der Waals surface area contributed by atoms with Crippen LogP contribution >= 0.6 is 11.3 Å². The van der Waals surface area contributed by atoms with Gasteiger partial charge in [0.1, 0.15) is 11.8 Å². The number of para-hydroxylation sites is 1. The van der Waals surface area contributed by atoms with Gasteiger partial charge in [-0.2, -0.15) is 0 Å². The molecule has 0 fully saturated rings. The maximum Gasteiger partial charge on any atom is 0.276 e. The van der Waals surface area contributed by atoms with E-state index < -0.39 is 17.9 Å². The van der Waals surface area contributed by atoms with Crippen molar-refractivity contribution in [1.82, 2.24) is 21.2 Å². The number of amides is 3. The SMILES string of the molecule is Cc1cccc(OCC(=O)NNC(=O)[C@H](Cc2c[nH]c3ccccc23)NC(=O)c2cccs2)c1. The average Bonchev–Trinajstić information content (AvgIpc) is 3.52. The largest absolute Gasteiger partial charge is 0.484 e. The predicted molar refractivity (Wildman–Crippen MR) is 131 cm³/mol. The molecule has 8 nitrogen and oxygen atoms in total. The van der Waals surface area contributed by atoms with Crippen LogP contribution < -0.4 is 20.9 Å². The molecule has 0 aliphatic carbocycles. The molecule has 0 aliphatic heterocycles. The number of thiophene rings is 1. The Balaban J connectivity index is 1.40. The van der Waals surface area contributed by atoms with Crippen molar-refractivity contribution < 1.29 is 19.1 Å². The van der Waals surface area contributed by atoms with E-state index in [1.165, 1.54) is 11.3 Å². The highest BCUT2D eigenvalue weighted by Gasteiger charge is 2.24. The summed E-state index contributed by atoms with van der Waals surface area (Å²) in [6.45, 7) is 1.66. The van der Waals surface area contributed by atoms with Gasteiger partial charge in [0, 0.05) is 23.5 Å². The molecule has 0 spiro atoms. The van der Waals surface area contributed by atoms with Crippen molar-refractivity contribution >= 4 is 40.0 Å². The lowest BCUT2D eigenvalue weighted by Gasteiger charge is -2.18. The normalized spacial score (nSPS) is 11.6. The molecule has 2 heterocycles. The van der Waals surface area contributed by atoms with Crippen molar-refractivity contribution in [2.75, 3.05) is 6.61 Å². The molecule has 9 heteroatoms. The molecule has 0 radical (unpaired) electrons. The minimum absolute atomic E-state index is 0.239. The zero-order chi connectivity index (χ0) is 23.9. The highest BCUT2D eigenvalue weighted by molar-refractivity contribution is 7.12. The van der Waals surface area contributed by atoms with Gasteiger partial charge in [0.25, 0.3) is 17.7 Å². The second-order valence-corrected chi connectivity index (χ2v) is 8.66. The first kappa shape index (κ1) is 23.1. The molecule has 0 unspecified atom stereocenters. The molecule has 4 N–H and O–H groups in total. The number of H-pyrrole nitrogens is 1. The Morgan fingerprint density at radius 2 is 1.88 bits per heavy atom. The van der Waals surface area contributed by atoms with Crippen molar-refractivity contribution in [3.63, 3.8) is 0 Å². The molecule has 2 aromatic carbocycles. The first-order valence-electron chi connectivity index (χ1n) is 10.7. The van der Waals surface area contributed by atoms with Gasteiger partial charge < -0.3 is 15.0 Å². The van der Waals surface area contributed by atoms with Crippen molar-refractivity contribution in [2.24, 2.45) is 0 Å². The number of aryl methyl sites for hydroxylation is 1. The highest BCUT2D eigenvalue weighted by atomic mass is 32.1. The lowest BCUT2D eigenvalue weighted by molar-refractivity contribution is -0.130. The zero-order valence-corrected chi connectivity index (χ0v) is 19.3. The summed E-state index contributed by atoms with van der Waals surface area (Å²) in [7, 11) is 0. The van der Waals surface area contributed by atoms with Crippen LogP contribution in [0.4, 0.5) is 0 Å². The van der Waals surface area contributed by atoms with Crippen LogP contribution in [0.25, 0.3) is 10.9 Å². The number of carbonyl (C=O) groups excluding carboxylic acids is 3. The van der Waals surface area contributed by atoms with E-state index in [0.717, 1.165) is 22.0 Å². The van der Waals surface area contributed by atoms with E-state index in [9.17, 15) is 14.4 Å². The molecule has 0 bridgehead atoms. The van der Waals surface area contributed by atoms with E-state index in [1.807, 2.05) is 55.6 Å². The number of fused-ring (bicyclic) bond motifs is 1. The van der Waals surface area contributed by atoms with Crippen LogP contribution in [-0.4, -0.2) is 35.4 Å². The average molecular weight is 477 g/mol. The quantitative estimate of drug-likeness (QED) is 0.293. The number of carbonyl (C=O) groups is 3. The lowest BCUT2D eigenvalue weighted by atomic mass is 10.0. The molecule has 0 saturated heterocycles. The first-order valence-corrected chi connectivity index (χ1v) is 11.5. The molecule has 1 atom stereocenters. The summed E-state index contributed by atoms with van der Waals surface area (Å²) in [5.74, 6) is -0.865. The Morgan fingerprint density at radius 1 is 1.03 bits per heavy atom. The van der Waals surface area contributed by atoms with Crippen LogP contribution in [0.5, 0.6) is 5.75 Å². The van der Waals surface area contributed by atoms with Crippen LogP contribution in [0.3, 0.4) is 0 Å². The molecule has 4 rings (SSSR count). The number of nitrogens with one attached hydrogen (secondary N) is 4. The van der Waals surface area contributed by atoms with Crippen molar-refractivity contribution in [3.05, 3.63) is 88.2 Å². The number of aromatic nitrogens is 1. The summed E-state index contributed by atoms with van der Waals surface area (Å²) in [6, 6.07) is 17.6. The van der Waals surface area contributed by atoms with Crippen molar-refractivity contribution in [1.29, 1.82) is 0 Å². The fraction of sp³-hybridized carbons (Fsp3) is 0.160. The monoisotopic (exact) mass is 476 g/mol. The highest BCUT2D eigenvalue weighted by Crippen LogP contribution is 2.19. The van der Waals surface area contributed by atoms with E-state index in [2.05, 4.69) is 21.2 Å². The van der Waals surface area contributed by atoms with E-state index in [1.54, 1.807) is 23.6 Å². The number of ether oxygens (including phenoxy) is 1. The predicted octanol–water partition coefficient (Wildman–Crippen LogP) is 3.11.